The van der Waals surface area contributed by atoms with Gasteiger partial charge in [0.1, 0.15) is 17.9 Å². The molecular weight excluding hydrogens is 418 g/mol. The Morgan fingerprint density at radius 3 is 2.00 bits per heavy atom. The van der Waals surface area contributed by atoms with E-state index >= 15 is 0 Å². The molecule has 31 heavy (non-hydrogen) atoms. The number of primary amides is 1. The SMILES string of the molecule is CC(=O)N[C@H](Cc1ccccc1F)C(=O)N[C@@H](Cc1ccccc1C(F)(F)F)C(N)=O. The lowest BCUT2D eigenvalue weighted by Gasteiger charge is -2.23. The normalized spacial score (nSPS) is 13.2. The van der Waals surface area contributed by atoms with Crippen LogP contribution in [0.3, 0.4) is 0 Å². The molecule has 0 heterocycles. The van der Waals surface area contributed by atoms with E-state index in [9.17, 15) is 31.9 Å². The quantitative estimate of drug-likeness (QED) is 0.549. The Kier molecular flexibility index (Phi) is 7.73. The maximum atomic E-state index is 14.0. The number of hydrogen-bond acceptors (Lipinski definition) is 3. The summed E-state index contributed by atoms with van der Waals surface area (Å²) in [6.45, 7) is 1.15. The van der Waals surface area contributed by atoms with Crippen LogP contribution in [0.2, 0.25) is 0 Å². The Bertz CT molecular complexity index is 963. The van der Waals surface area contributed by atoms with Crippen LogP contribution in [0.25, 0.3) is 0 Å². The molecule has 0 saturated carbocycles. The summed E-state index contributed by atoms with van der Waals surface area (Å²) in [6, 6.07) is 7.44. The van der Waals surface area contributed by atoms with E-state index < -0.39 is 53.8 Å². The molecule has 0 spiro atoms. The van der Waals surface area contributed by atoms with Crippen molar-refractivity contribution in [3.63, 3.8) is 0 Å². The summed E-state index contributed by atoms with van der Waals surface area (Å²) in [5, 5.41) is 4.62. The minimum absolute atomic E-state index is 0.134. The maximum absolute atomic E-state index is 14.0. The van der Waals surface area contributed by atoms with Gasteiger partial charge in [0.05, 0.1) is 5.56 Å². The molecule has 0 saturated heterocycles. The zero-order chi connectivity index (χ0) is 23.2. The van der Waals surface area contributed by atoms with Crippen LogP contribution >= 0.6 is 0 Å². The molecule has 6 nitrogen and oxygen atoms in total. The summed E-state index contributed by atoms with van der Waals surface area (Å²) >= 11 is 0. The summed E-state index contributed by atoms with van der Waals surface area (Å²) in [6.07, 6.45) is -5.40. The molecule has 0 bridgehead atoms. The highest BCUT2D eigenvalue weighted by molar-refractivity contribution is 5.91. The van der Waals surface area contributed by atoms with Gasteiger partial charge in [0.15, 0.2) is 0 Å². The van der Waals surface area contributed by atoms with Crippen LogP contribution in [0, 0.1) is 5.82 Å². The summed E-state index contributed by atoms with van der Waals surface area (Å²) in [4.78, 5) is 36.0. The van der Waals surface area contributed by atoms with Gasteiger partial charge in [-0.3, -0.25) is 14.4 Å². The van der Waals surface area contributed by atoms with Crippen molar-refractivity contribution < 1.29 is 31.9 Å². The lowest BCUT2D eigenvalue weighted by molar-refractivity contribution is -0.138. The maximum Gasteiger partial charge on any atom is 0.416 e. The van der Waals surface area contributed by atoms with E-state index in [2.05, 4.69) is 10.6 Å². The third-order valence-corrected chi connectivity index (χ3v) is 4.48. The topological polar surface area (TPSA) is 101 Å². The van der Waals surface area contributed by atoms with Crippen molar-refractivity contribution in [3.8, 4) is 0 Å². The molecule has 0 aliphatic carbocycles. The second kappa shape index (κ2) is 10.1. The van der Waals surface area contributed by atoms with Gasteiger partial charge >= 0.3 is 6.18 Å². The first-order valence-corrected chi connectivity index (χ1v) is 9.24. The van der Waals surface area contributed by atoms with Crippen molar-refractivity contribution in [3.05, 3.63) is 71.0 Å². The van der Waals surface area contributed by atoms with Gasteiger partial charge in [-0.15, -0.1) is 0 Å². The Labute approximate surface area is 175 Å². The summed E-state index contributed by atoms with van der Waals surface area (Å²) in [5.74, 6) is -3.13. The molecule has 0 radical (unpaired) electrons. The molecule has 10 heteroatoms. The minimum Gasteiger partial charge on any atom is -0.368 e. The molecule has 2 aromatic rings. The molecule has 0 unspecified atom stereocenters. The fourth-order valence-electron chi connectivity index (χ4n) is 3.03. The zero-order valence-corrected chi connectivity index (χ0v) is 16.5. The van der Waals surface area contributed by atoms with Crippen molar-refractivity contribution in [2.75, 3.05) is 0 Å². The van der Waals surface area contributed by atoms with Crippen LogP contribution in [0.5, 0.6) is 0 Å². The van der Waals surface area contributed by atoms with Crippen molar-refractivity contribution >= 4 is 17.7 Å². The minimum atomic E-state index is -4.66. The molecule has 3 amide bonds. The van der Waals surface area contributed by atoms with Gasteiger partial charge in [-0.1, -0.05) is 36.4 Å². The standard InChI is InChI=1S/C21H21F4N3O3/c1-12(29)27-18(11-14-7-3-5-9-16(14)22)20(31)28-17(19(26)30)10-13-6-2-4-8-15(13)21(23,24)25/h2-9,17-18H,10-11H2,1H3,(H2,26,30)(H,27,29)(H,28,31)/t17-,18+/m0/s1. The summed E-state index contributed by atoms with van der Waals surface area (Å²) in [5.41, 5.74) is 4.23. The first kappa shape index (κ1) is 23.8. The van der Waals surface area contributed by atoms with E-state index in [1.807, 2.05) is 0 Å². The van der Waals surface area contributed by atoms with E-state index in [-0.39, 0.29) is 17.5 Å². The molecule has 0 aliphatic heterocycles. The number of nitrogens with one attached hydrogen (secondary N) is 2. The van der Waals surface area contributed by atoms with Crippen LogP contribution in [-0.4, -0.2) is 29.8 Å². The highest BCUT2D eigenvalue weighted by Gasteiger charge is 2.34. The fourth-order valence-corrected chi connectivity index (χ4v) is 3.03. The van der Waals surface area contributed by atoms with Crippen LogP contribution in [-0.2, 0) is 33.4 Å². The lowest BCUT2D eigenvalue weighted by atomic mass is 9.98. The molecule has 2 rings (SSSR count). The number of alkyl halides is 3. The largest absolute Gasteiger partial charge is 0.416 e. The average molecular weight is 439 g/mol. The van der Waals surface area contributed by atoms with Crippen LogP contribution in [0.1, 0.15) is 23.6 Å². The van der Waals surface area contributed by atoms with Gasteiger partial charge in [0.2, 0.25) is 17.7 Å². The molecule has 4 N–H and O–H groups in total. The monoisotopic (exact) mass is 439 g/mol. The zero-order valence-electron chi connectivity index (χ0n) is 16.5. The molecular formula is C21H21F4N3O3. The van der Waals surface area contributed by atoms with E-state index in [1.54, 1.807) is 6.07 Å². The van der Waals surface area contributed by atoms with Gasteiger partial charge in [0, 0.05) is 19.8 Å². The predicted molar refractivity (Wildman–Crippen MR) is 104 cm³/mol. The second-order valence-electron chi connectivity index (χ2n) is 6.87. The number of rotatable bonds is 8. The lowest BCUT2D eigenvalue weighted by Crippen LogP contribution is -2.54. The van der Waals surface area contributed by atoms with E-state index in [0.29, 0.717) is 0 Å². The Morgan fingerprint density at radius 1 is 0.903 bits per heavy atom. The molecule has 166 valence electrons. The Balaban J connectivity index is 2.24. The molecule has 0 fully saturated rings. The summed E-state index contributed by atoms with van der Waals surface area (Å²) < 4.78 is 53.6. The van der Waals surface area contributed by atoms with Gasteiger partial charge in [-0.05, 0) is 23.3 Å². The first-order chi connectivity index (χ1) is 14.5. The first-order valence-electron chi connectivity index (χ1n) is 9.24. The van der Waals surface area contributed by atoms with Gasteiger partial charge in [0.25, 0.3) is 0 Å². The third-order valence-electron chi connectivity index (χ3n) is 4.48. The van der Waals surface area contributed by atoms with Crippen molar-refractivity contribution in [2.45, 2.75) is 38.0 Å². The van der Waals surface area contributed by atoms with Gasteiger partial charge in [-0.25, -0.2) is 4.39 Å². The van der Waals surface area contributed by atoms with Crippen molar-refractivity contribution in [1.29, 1.82) is 0 Å². The second-order valence-corrected chi connectivity index (χ2v) is 6.87. The number of halogens is 4. The number of carbonyl (C=O) groups excluding carboxylic acids is 3. The van der Waals surface area contributed by atoms with Gasteiger partial charge in [-0.2, -0.15) is 13.2 Å². The van der Waals surface area contributed by atoms with Crippen molar-refractivity contribution in [2.24, 2.45) is 5.73 Å². The summed E-state index contributed by atoms with van der Waals surface area (Å²) in [7, 11) is 0. The number of amides is 3. The molecule has 0 aromatic heterocycles. The van der Waals surface area contributed by atoms with Crippen LogP contribution in [0.15, 0.2) is 48.5 Å². The smallest absolute Gasteiger partial charge is 0.368 e. The predicted octanol–water partition coefficient (Wildman–Crippen LogP) is 2.10. The fraction of sp³-hybridized carbons (Fsp3) is 0.286. The highest BCUT2D eigenvalue weighted by Crippen LogP contribution is 2.32. The highest BCUT2D eigenvalue weighted by atomic mass is 19.4. The third kappa shape index (κ3) is 6.80. The molecule has 0 aliphatic rings. The van der Waals surface area contributed by atoms with E-state index in [0.717, 1.165) is 13.0 Å². The molecule has 2 aromatic carbocycles. The number of hydrogen-bond donors (Lipinski definition) is 3. The van der Waals surface area contributed by atoms with Crippen LogP contribution < -0.4 is 16.4 Å². The van der Waals surface area contributed by atoms with Gasteiger partial charge < -0.3 is 16.4 Å². The van der Waals surface area contributed by atoms with Crippen LogP contribution in [0.4, 0.5) is 17.6 Å². The molecule has 2 atom stereocenters. The van der Waals surface area contributed by atoms with E-state index in [4.69, 9.17) is 5.73 Å². The average Bonchev–Trinajstić information content (AvgIpc) is 2.67. The number of nitrogens with two attached hydrogens (primary N) is 1. The Hall–Kier alpha value is -3.43. The number of carbonyl (C=O) groups is 3. The number of benzene rings is 2. The van der Waals surface area contributed by atoms with Crippen molar-refractivity contribution in [1.82, 2.24) is 10.6 Å². The Morgan fingerprint density at radius 2 is 1.45 bits per heavy atom. The van der Waals surface area contributed by atoms with E-state index in [1.165, 1.54) is 36.4 Å².